The zero-order valence-corrected chi connectivity index (χ0v) is 9.86. The lowest BCUT2D eigenvalue weighted by molar-refractivity contribution is 0.225. The highest BCUT2D eigenvalue weighted by Crippen LogP contribution is 2.23. The summed E-state index contributed by atoms with van der Waals surface area (Å²) in [4.78, 5) is 0. The normalized spacial score (nSPS) is 12.2. The van der Waals surface area contributed by atoms with E-state index < -0.39 is 11.6 Å². The van der Waals surface area contributed by atoms with Gasteiger partial charge in [-0.1, -0.05) is 12.1 Å². The Balaban J connectivity index is 2.13. The van der Waals surface area contributed by atoms with Crippen molar-refractivity contribution in [3.8, 4) is 5.75 Å². The molecule has 0 bridgehead atoms. The summed E-state index contributed by atoms with van der Waals surface area (Å²) in [5, 5.41) is 0. The molecule has 0 aliphatic heterocycles. The van der Waals surface area contributed by atoms with E-state index in [1.165, 1.54) is 6.07 Å². The number of nitrogens with two attached hydrogens (primary N) is 1. The van der Waals surface area contributed by atoms with Crippen molar-refractivity contribution >= 4 is 5.69 Å². The van der Waals surface area contributed by atoms with Gasteiger partial charge in [-0.2, -0.15) is 0 Å². The van der Waals surface area contributed by atoms with Crippen molar-refractivity contribution in [2.24, 2.45) is 0 Å². The third-order valence-electron chi connectivity index (χ3n) is 2.61. The van der Waals surface area contributed by atoms with Crippen LogP contribution in [0.15, 0.2) is 42.5 Å². The summed E-state index contributed by atoms with van der Waals surface area (Å²) in [6, 6.07) is 10.7. The number of benzene rings is 2. The Morgan fingerprint density at radius 1 is 1.00 bits per heavy atom. The molecule has 2 aromatic carbocycles. The second-order valence-electron chi connectivity index (χ2n) is 4.00. The third-order valence-corrected chi connectivity index (χ3v) is 2.61. The van der Waals surface area contributed by atoms with Gasteiger partial charge in [0.05, 0.1) is 0 Å². The smallest absolute Gasteiger partial charge is 0.162 e. The first-order valence-corrected chi connectivity index (χ1v) is 5.53. The lowest BCUT2D eigenvalue weighted by atomic mass is 10.1. The first-order chi connectivity index (χ1) is 8.56. The van der Waals surface area contributed by atoms with E-state index in [1.807, 2.05) is 19.1 Å². The molecule has 0 saturated carbocycles. The molecular weight excluding hydrogens is 236 g/mol. The quantitative estimate of drug-likeness (QED) is 0.842. The average Bonchev–Trinajstić information content (AvgIpc) is 2.34. The van der Waals surface area contributed by atoms with Crippen molar-refractivity contribution in [1.29, 1.82) is 0 Å². The van der Waals surface area contributed by atoms with Crippen LogP contribution in [0.5, 0.6) is 5.75 Å². The molecule has 1 atom stereocenters. The lowest BCUT2D eigenvalue weighted by Gasteiger charge is -2.15. The standard InChI is InChI=1S/C14H13F2NO/c1-9(10-2-4-11(17)5-3-10)18-12-6-7-13(15)14(16)8-12/h2-9H,17H2,1H3. The summed E-state index contributed by atoms with van der Waals surface area (Å²) in [6.07, 6.45) is -0.268. The van der Waals surface area contributed by atoms with Crippen LogP contribution in [0.4, 0.5) is 14.5 Å². The minimum absolute atomic E-state index is 0.268. The predicted molar refractivity (Wildman–Crippen MR) is 66.3 cm³/mol. The topological polar surface area (TPSA) is 35.2 Å². The monoisotopic (exact) mass is 249 g/mol. The van der Waals surface area contributed by atoms with E-state index >= 15 is 0 Å². The van der Waals surface area contributed by atoms with Crippen LogP contribution in [-0.2, 0) is 0 Å². The third kappa shape index (κ3) is 2.77. The van der Waals surface area contributed by atoms with Gasteiger partial charge in [-0.15, -0.1) is 0 Å². The number of anilines is 1. The predicted octanol–water partition coefficient (Wildman–Crippen LogP) is 3.69. The maximum atomic E-state index is 13.0. The molecule has 0 fully saturated rings. The fraction of sp³-hybridized carbons (Fsp3) is 0.143. The molecular formula is C14H13F2NO. The Morgan fingerprint density at radius 2 is 1.67 bits per heavy atom. The van der Waals surface area contributed by atoms with Gasteiger partial charge in [0.1, 0.15) is 11.9 Å². The molecule has 0 spiro atoms. The highest BCUT2D eigenvalue weighted by Gasteiger charge is 2.09. The second kappa shape index (κ2) is 5.04. The molecule has 0 radical (unpaired) electrons. The number of hydrogen-bond acceptors (Lipinski definition) is 2. The number of rotatable bonds is 3. The molecule has 4 heteroatoms. The molecule has 2 aromatic rings. The molecule has 0 amide bonds. The van der Waals surface area contributed by atoms with Crippen LogP contribution in [0.2, 0.25) is 0 Å². The van der Waals surface area contributed by atoms with Crippen molar-refractivity contribution in [2.45, 2.75) is 13.0 Å². The first-order valence-electron chi connectivity index (χ1n) is 5.53. The van der Waals surface area contributed by atoms with E-state index in [2.05, 4.69) is 0 Å². The Morgan fingerprint density at radius 3 is 2.28 bits per heavy atom. The van der Waals surface area contributed by atoms with Gasteiger partial charge in [0.15, 0.2) is 11.6 Å². The van der Waals surface area contributed by atoms with Crippen molar-refractivity contribution in [3.05, 3.63) is 59.7 Å². The number of nitrogen functional groups attached to an aromatic ring is 1. The molecule has 0 aliphatic carbocycles. The fourth-order valence-electron chi connectivity index (χ4n) is 1.59. The van der Waals surface area contributed by atoms with E-state index in [0.29, 0.717) is 11.4 Å². The highest BCUT2D eigenvalue weighted by molar-refractivity contribution is 5.40. The van der Waals surface area contributed by atoms with Crippen LogP contribution < -0.4 is 10.5 Å². The average molecular weight is 249 g/mol. The van der Waals surface area contributed by atoms with E-state index in [0.717, 1.165) is 17.7 Å². The zero-order valence-electron chi connectivity index (χ0n) is 9.86. The molecule has 0 saturated heterocycles. The molecule has 0 aliphatic rings. The van der Waals surface area contributed by atoms with E-state index in [4.69, 9.17) is 10.5 Å². The largest absolute Gasteiger partial charge is 0.486 e. The number of ether oxygens (including phenoxy) is 1. The van der Waals surface area contributed by atoms with Gasteiger partial charge < -0.3 is 10.5 Å². The van der Waals surface area contributed by atoms with Gasteiger partial charge in [0, 0.05) is 11.8 Å². The van der Waals surface area contributed by atoms with Crippen LogP contribution in [0, 0.1) is 11.6 Å². The van der Waals surface area contributed by atoms with E-state index in [-0.39, 0.29) is 6.10 Å². The summed E-state index contributed by atoms with van der Waals surface area (Å²) >= 11 is 0. The van der Waals surface area contributed by atoms with Crippen molar-refractivity contribution in [3.63, 3.8) is 0 Å². The SMILES string of the molecule is CC(Oc1ccc(F)c(F)c1)c1ccc(N)cc1. The number of halogens is 2. The van der Waals surface area contributed by atoms with Gasteiger partial charge in [0.25, 0.3) is 0 Å². The second-order valence-corrected chi connectivity index (χ2v) is 4.00. The molecule has 18 heavy (non-hydrogen) atoms. The van der Waals surface area contributed by atoms with Crippen LogP contribution in [0.25, 0.3) is 0 Å². The Bertz CT molecular complexity index is 540. The molecule has 2 N–H and O–H groups in total. The minimum atomic E-state index is -0.919. The Kier molecular flexibility index (Phi) is 3.46. The molecule has 0 heterocycles. The lowest BCUT2D eigenvalue weighted by Crippen LogP contribution is -2.03. The van der Waals surface area contributed by atoms with Gasteiger partial charge in [-0.3, -0.25) is 0 Å². The van der Waals surface area contributed by atoms with Gasteiger partial charge in [-0.25, -0.2) is 8.78 Å². The maximum absolute atomic E-state index is 13.0. The van der Waals surface area contributed by atoms with Gasteiger partial charge >= 0.3 is 0 Å². The fourth-order valence-corrected chi connectivity index (χ4v) is 1.59. The Labute approximate surface area is 104 Å². The van der Waals surface area contributed by atoms with Crippen molar-refractivity contribution in [1.82, 2.24) is 0 Å². The van der Waals surface area contributed by atoms with Crippen LogP contribution in [-0.4, -0.2) is 0 Å². The number of hydrogen-bond donors (Lipinski definition) is 1. The van der Waals surface area contributed by atoms with Crippen LogP contribution in [0.3, 0.4) is 0 Å². The summed E-state index contributed by atoms with van der Waals surface area (Å²) in [7, 11) is 0. The Hall–Kier alpha value is -2.10. The minimum Gasteiger partial charge on any atom is -0.486 e. The van der Waals surface area contributed by atoms with E-state index in [9.17, 15) is 8.78 Å². The summed E-state index contributed by atoms with van der Waals surface area (Å²) < 4.78 is 31.3. The van der Waals surface area contributed by atoms with E-state index in [1.54, 1.807) is 12.1 Å². The molecule has 2 nitrogen and oxygen atoms in total. The van der Waals surface area contributed by atoms with Crippen molar-refractivity contribution < 1.29 is 13.5 Å². The van der Waals surface area contributed by atoms with Gasteiger partial charge in [-0.05, 0) is 36.8 Å². The zero-order chi connectivity index (χ0) is 13.1. The van der Waals surface area contributed by atoms with Crippen LogP contribution in [0.1, 0.15) is 18.6 Å². The maximum Gasteiger partial charge on any atom is 0.162 e. The summed E-state index contributed by atoms with van der Waals surface area (Å²) in [6.45, 7) is 1.83. The highest BCUT2D eigenvalue weighted by atomic mass is 19.2. The van der Waals surface area contributed by atoms with Crippen LogP contribution >= 0.6 is 0 Å². The summed E-state index contributed by atoms with van der Waals surface area (Å²) in [5.74, 6) is -1.52. The first kappa shape index (κ1) is 12.4. The molecule has 2 rings (SSSR count). The molecule has 94 valence electrons. The van der Waals surface area contributed by atoms with Crippen molar-refractivity contribution in [2.75, 3.05) is 5.73 Å². The van der Waals surface area contributed by atoms with Gasteiger partial charge in [0.2, 0.25) is 0 Å². The molecule has 1 unspecified atom stereocenters. The summed E-state index contributed by atoms with van der Waals surface area (Å²) in [5.41, 5.74) is 7.16. The molecule has 0 aromatic heterocycles.